The molecule has 0 radical (unpaired) electrons. The smallest absolute Gasteiger partial charge is 0.0543 e. The molecule has 0 bridgehead atoms. The van der Waals surface area contributed by atoms with E-state index >= 15 is 0 Å². The molecule has 0 aliphatic heterocycles. The Morgan fingerprint density at radius 1 is 0.682 bits per heavy atom. The molecule has 22 heavy (non-hydrogen) atoms. The SMILES string of the molecule is CCCC1CCC(C2CCC([C@H]3CCC[C@@H](O)C3)CC2)CC1. The van der Waals surface area contributed by atoms with Crippen LogP contribution in [0.1, 0.15) is 96.8 Å². The van der Waals surface area contributed by atoms with Gasteiger partial charge in [0.2, 0.25) is 0 Å². The second kappa shape index (κ2) is 8.18. The predicted octanol–water partition coefficient (Wildman–Crippen LogP) is 5.95. The van der Waals surface area contributed by atoms with E-state index in [-0.39, 0.29) is 6.10 Å². The van der Waals surface area contributed by atoms with Crippen LogP contribution in [0.5, 0.6) is 0 Å². The molecule has 0 aromatic rings. The van der Waals surface area contributed by atoms with Gasteiger partial charge in [-0.1, -0.05) is 39.0 Å². The Morgan fingerprint density at radius 3 is 1.77 bits per heavy atom. The van der Waals surface area contributed by atoms with Crippen molar-refractivity contribution in [1.29, 1.82) is 0 Å². The summed E-state index contributed by atoms with van der Waals surface area (Å²) in [6, 6.07) is 0. The first-order chi connectivity index (χ1) is 10.8. The van der Waals surface area contributed by atoms with E-state index in [0.717, 1.165) is 42.4 Å². The van der Waals surface area contributed by atoms with Crippen LogP contribution in [-0.4, -0.2) is 11.2 Å². The first kappa shape index (κ1) is 16.8. The molecule has 3 saturated carbocycles. The minimum atomic E-state index is 0.0188. The molecule has 128 valence electrons. The molecular weight excluding hydrogens is 268 g/mol. The zero-order valence-electron chi connectivity index (χ0n) is 14.8. The second-order valence-corrected chi connectivity index (χ2v) is 8.82. The monoisotopic (exact) mass is 306 g/mol. The molecule has 2 atom stereocenters. The Bertz CT molecular complexity index is 310. The largest absolute Gasteiger partial charge is 0.393 e. The van der Waals surface area contributed by atoms with E-state index in [1.54, 1.807) is 0 Å². The zero-order chi connectivity index (χ0) is 15.4. The number of rotatable bonds is 4. The molecule has 0 spiro atoms. The maximum absolute atomic E-state index is 9.93. The van der Waals surface area contributed by atoms with Gasteiger partial charge in [-0.25, -0.2) is 0 Å². The van der Waals surface area contributed by atoms with Crippen molar-refractivity contribution in [1.82, 2.24) is 0 Å². The number of hydrogen-bond acceptors (Lipinski definition) is 1. The summed E-state index contributed by atoms with van der Waals surface area (Å²) in [6.07, 6.45) is 19.8. The Balaban J connectivity index is 1.40. The maximum Gasteiger partial charge on any atom is 0.0543 e. The van der Waals surface area contributed by atoms with Gasteiger partial charge in [0.25, 0.3) is 0 Å². The minimum absolute atomic E-state index is 0.0188. The second-order valence-electron chi connectivity index (χ2n) is 8.82. The number of aliphatic hydroxyl groups excluding tert-OH is 1. The molecule has 0 aromatic carbocycles. The summed E-state index contributed by atoms with van der Waals surface area (Å²) >= 11 is 0. The van der Waals surface area contributed by atoms with Gasteiger partial charge in [0.15, 0.2) is 0 Å². The van der Waals surface area contributed by atoms with E-state index in [9.17, 15) is 5.11 Å². The third kappa shape index (κ3) is 4.28. The molecule has 0 saturated heterocycles. The fourth-order valence-corrected chi connectivity index (χ4v) is 6.07. The third-order valence-corrected chi connectivity index (χ3v) is 7.43. The van der Waals surface area contributed by atoms with Gasteiger partial charge in [-0.05, 0) is 87.4 Å². The van der Waals surface area contributed by atoms with E-state index < -0.39 is 0 Å². The number of aliphatic hydroxyl groups is 1. The van der Waals surface area contributed by atoms with E-state index in [4.69, 9.17) is 0 Å². The van der Waals surface area contributed by atoms with Crippen LogP contribution in [0.4, 0.5) is 0 Å². The van der Waals surface area contributed by atoms with Crippen LogP contribution in [-0.2, 0) is 0 Å². The molecule has 1 heteroatoms. The van der Waals surface area contributed by atoms with Crippen molar-refractivity contribution in [2.75, 3.05) is 0 Å². The van der Waals surface area contributed by atoms with Crippen LogP contribution >= 0.6 is 0 Å². The normalized spacial score (nSPS) is 43.9. The standard InChI is InChI=1S/C21H38O/c1-2-4-16-7-9-17(10-8-16)18-11-13-19(14-12-18)20-5-3-6-21(22)15-20/h16-22H,2-15H2,1H3/t16?,17?,18?,19?,20-,21+/m0/s1. The lowest BCUT2D eigenvalue weighted by Gasteiger charge is -2.41. The Hall–Kier alpha value is -0.0400. The van der Waals surface area contributed by atoms with Crippen molar-refractivity contribution in [3.63, 3.8) is 0 Å². The van der Waals surface area contributed by atoms with Gasteiger partial charge < -0.3 is 5.11 Å². The quantitative estimate of drug-likeness (QED) is 0.680. The molecule has 0 amide bonds. The average molecular weight is 307 g/mol. The summed E-state index contributed by atoms with van der Waals surface area (Å²) < 4.78 is 0. The van der Waals surface area contributed by atoms with Gasteiger partial charge in [0.05, 0.1) is 6.10 Å². The summed E-state index contributed by atoms with van der Waals surface area (Å²) in [5.74, 6) is 4.97. The van der Waals surface area contributed by atoms with Crippen molar-refractivity contribution in [2.24, 2.45) is 29.6 Å². The minimum Gasteiger partial charge on any atom is -0.393 e. The summed E-state index contributed by atoms with van der Waals surface area (Å²) in [7, 11) is 0. The Kier molecular flexibility index (Phi) is 6.24. The highest BCUT2D eigenvalue weighted by molar-refractivity contribution is 4.86. The fourth-order valence-electron chi connectivity index (χ4n) is 6.07. The van der Waals surface area contributed by atoms with Crippen molar-refractivity contribution >= 4 is 0 Å². The summed E-state index contributed by atoms with van der Waals surface area (Å²) in [6.45, 7) is 2.34. The van der Waals surface area contributed by atoms with Crippen LogP contribution < -0.4 is 0 Å². The van der Waals surface area contributed by atoms with Crippen LogP contribution in [0.15, 0.2) is 0 Å². The van der Waals surface area contributed by atoms with Crippen molar-refractivity contribution < 1.29 is 5.11 Å². The van der Waals surface area contributed by atoms with Crippen LogP contribution in [0.2, 0.25) is 0 Å². The number of hydrogen-bond donors (Lipinski definition) is 1. The molecule has 3 rings (SSSR count). The highest BCUT2D eigenvalue weighted by Crippen LogP contribution is 2.45. The molecule has 0 aromatic heterocycles. The lowest BCUT2D eigenvalue weighted by molar-refractivity contribution is 0.0554. The van der Waals surface area contributed by atoms with Crippen LogP contribution in [0.3, 0.4) is 0 Å². The molecule has 3 aliphatic rings. The van der Waals surface area contributed by atoms with E-state index in [0.29, 0.717) is 0 Å². The molecule has 3 aliphatic carbocycles. The first-order valence-electron chi connectivity index (χ1n) is 10.4. The van der Waals surface area contributed by atoms with Gasteiger partial charge in [0.1, 0.15) is 0 Å². The Labute approximate surface area is 138 Å². The van der Waals surface area contributed by atoms with Gasteiger partial charge in [-0.2, -0.15) is 0 Å². The average Bonchev–Trinajstić information content (AvgIpc) is 2.56. The lowest BCUT2D eigenvalue weighted by Crippen LogP contribution is -2.31. The predicted molar refractivity (Wildman–Crippen MR) is 93.8 cm³/mol. The van der Waals surface area contributed by atoms with Crippen LogP contribution in [0, 0.1) is 29.6 Å². The highest BCUT2D eigenvalue weighted by Gasteiger charge is 2.34. The highest BCUT2D eigenvalue weighted by atomic mass is 16.3. The van der Waals surface area contributed by atoms with E-state index in [2.05, 4.69) is 6.92 Å². The first-order valence-corrected chi connectivity index (χ1v) is 10.4. The zero-order valence-corrected chi connectivity index (χ0v) is 14.8. The molecule has 1 nitrogen and oxygen atoms in total. The molecule has 0 unspecified atom stereocenters. The van der Waals surface area contributed by atoms with Crippen LogP contribution in [0.25, 0.3) is 0 Å². The summed E-state index contributed by atoms with van der Waals surface area (Å²) in [5.41, 5.74) is 0. The molecular formula is C21H38O. The summed E-state index contributed by atoms with van der Waals surface area (Å²) in [4.78, 5) is 0. The van der Waals surface area contributed by atoms with Gasteiger partial charge in [-0.3, -0.25) is 0 Å². The van der Waals surface area contributed by atoms with Crippen molar-refractivity contribution in [3.05, 3.63) is 0 Å². The Morgan fingerprint density at radius 2 is 1.23 bits per heavy atom. The van der Waals surface area contributed by atoms with Crippen molar-refractivity contribution in [3.8, 4) is 0 Å². The lowest BCUT2D eigenvalue weighted by atomic mass is 9.65. The van der Waals surface area contributed by atoms with E-state index in [1.807, 2.05) is 0 Å². The van der Waals surface area contributed by atoms with Gasteiger partial charge >= 0.3 is 0 Å². The fraction of sp³-hybridized carbons (Fsp3) is 1.00. The molecule has 1 N–H and O–H groups in total. The van der Waals surface area contributed by atoms with Gasteiger partial charge in [-0.15, -0.1) is 0 Å². The van der Waals surface area contributed by atoms with Gasteiger partial charge in [0, 0.05) is 0 Å². The van der Waals surface area contributed by atoms with E-state index in [1.165, 1.54) is 77.0 Å². The molecule has 3 fully saturated rings. The topological polar surface area (TPSA) is 20.2 Å². The third-order valence-electron chi connectivity index (χ3n) is 7.43. The maximum atomic E-state index is 9.93. The van der Waals surface area contributed by atoms with Crippen molar-refractivity contribution in [2.45, 2.75) is 103 Å². The summed E-state index contributed by atoms with van der Waals surface area (Å²) in [5, 5.41) is 9.93. The molecule has 0 heterocycles.